The minimum absolute atomic E-state index is 0.332. The van der Waals surface area contributed by atoms with Crippen LogP contribution in [0.2, 0.25) is 5.02 Å². The second-order valence-electron chi connectivity index (χ2n) is 5.05. The van der Waals surface area contributed by atoms with Crippen LogP contribution in [-0.4, -0.2) is 17.9 Å². The molecule has 0 saturated carbocycles. The van der Waals surface area contributed by atoms with Gasteiger partial charge in [-0.15, -0.1) is 0 Å². The maximum absolute atomic E-state index is 12.9. The summed E-state index contributed by atoms with van der Waals surface area (Å²) in [5.41, 5.74) is 7.43. The van der Waals surface area contributed by atoms with Gasteiger partial charge in [0, 0.05) is 16.6 Å². The summed E-state index contributed by atoms with van der Waals surface area (Å²) < 4.78 is 0.739. The number of para-hydroxylation sites is 1. The number of benzene rings is 2. The Morgan fingerprint density at radius 1 is 1.23 bits per heavy atom. The lowest BCUT2D eigenvalue weighted by atomic mass is 10.1. The summed E-state index contributed by atoms with van der Waals surface area (Å²) in [7, 11) is 0. The van der Waals surface area contributed by atoms with E-state index in [2.05, 4.69) is 15.9 Å². The van der Waals surface area contributed by atoms with Gasteiger partial charge in [0.1, 0.15) is 6.04 Å². The minimum Gasteiger partial charge on any atom is -0.368 e. The van der Waals surface area contributed by atoms with Gasteiger partial charge in [-0.2, -0.15) is 0 Å². The number of carbonyl (C=O) groups is 2. The average Bonchev–Trinajstić information content (AvgIpc) is 2.88. The Hall–Kier alpha value is -1.85. The lowest BCUT2D eigenvalue weighted by Gasteiger charge is -2.24. The highest BCUT2D eigenvalue weighted by Gasteiger charge is 2.38. The highest BCUT2D eigenvalue weighted by Crippen LogP contribution is 2.34. The third kappa shape index (κ3) is 2.51. The monoisotopic (exact) mass is 378 g/mol. The normalized spacial score (nSPS) is 16.5. The fraction of sp³-hybridized carbons (Fsp3) is 0.125. The van der Waals surface area contributed by atoms with Crippen molar-refractivity contribution in [1.29, 1.82) is 0 Å². The number of halogens is 2. The molecule has 0 unspecified atom stereocenters. The number of hydrogen-bond acceptors (Lipinski definition) is 2. The Labute approximate surface area is 141 Å². The summed E-state index contributed by atoms with van der Waals surface area (Å²) in [6.07, 6.45) is 0.420. The van der Waals surface area contributed by atoms with Crippen LogP contribution in [-0.2, 0) is 11.2 Å². The van der Waals surface area contributed by atoms with Gasteiger partial charge in [0.25, 0.3) is 5.91 Å². The zero-order chi connectivity index (χ0) is 15.9. The Kier molecular flexibility index (Phi) is 3.93. The fourth-order valence-corrected chi connectivity index (χ4v) is 3.22. The SMILES string of the molecule is NC(=O)[C@H]1Cc2ccccc2N1C(=O)c1cc(Br)ccc1Cl. The number of rotatable bonds is 2. The van der Waals surface area contributed by atoms with Crippen molar-refractivity contribution in [3.05, 3.63) is 63.1 Å². The smallest absolute Gasteiger partial charge is 0.260 e. The van der Waals surface area contributed by atoms with Crippen molar-refractivity contribution in [2.75, 3.05) is 4.90 Å². The molecule has 0 spiro atoms. The summed E-state index contributed by atoms with van der Waals surface area (Å²) >= 11 is 9.47. The molecule has 0 saturated heterocycles. The Morgan fingerprint density at radius 3 is 2.68 bits per heavy atom. The van der Waals surface area contributed by atoms with Crippen LogP contribution in [0.5, 0.6) is 0 Å². The van der Waals surface area contributed by atoms with Gasteiger partial charge in [0.2, 0.25) is 5.91 Å². The molecular formula is C16H12BrClN2O2. The van der Waals surface area contributed by atoms with Crippen molar-refractivity contribution in [3.8, 4) is 0 Å². The molecule has 0 fully saturated rings. The van der Waals surface area contributed by atoms with E-state index >= 15 is 0 Å². The van der Waals surface area contributed by atoms with E-state index in [1.165, 1.54) is 4.90 Å². The quantitative estimate of drug-likeness (QED) is 0.871. The fourth-order valence-electron chi connectivity index (χ4n) is 2.66. The summed E-state index contributed by atoms with van der Waals surface area (Å²) in [6.45, 7) is 0. The summed E-state index contributed by atoms with van der Waals surface area (Å²) in [6, 6.07) is 11.7. The predicted octanol–water partition coefficient (Wildman–Crippen LogP) is 3.16. The lowest BCUT2D eigenvalue weighted by Crippen LogP contribution is -2.46. The van der Waals surface area contributed by atoms with Crippen LogP contribution < -0.4 is 10.6 Å². The van der Waals surface area contributed by atoms with Gasteiger partial charge < -0.3 is 5.73 Å². The number of anilines is 1. The number of amides is 2. The topological polar surface area (TPSA) is 63.4 Å². The maximum atomic E-state index is 12.9. The molecule has 0 aromatic heterocycles. The van der Waals surface area contributed by atoms with Crippen LogP contribution in [0.15, 0.2) is 46.9 Å². The number of nitrogens with zero attached hydrogens (tertiary/aromatic N) is 1. The maximum Gasteiger partial charge on any atom is 0.260 e. The third-order valence-corrected chi connectivity index (χ3v) is 4.50. The zero-order valence-electron chi connectivity index (χ0n) is 11.4. The van der Waals surface area contributed by atoms with E-state index in [4.69, 9.17) is 17.3 Å². The molecule has 2 aromatic carbocycles. The number of nitrogens with two attached hydrogens (primary N) is 1. The van der Waals surface area contributed by atoms with Gasteiger partial charge in [-0.05, 0) is 29.8 Å². The summed E-state index contributed by atoms with van der Waals surface area (Å²) in [5, 5.41) is 0.334. The molecule has 0 radical (unpaired) electrons. The Balaban J connectivity index is 2.09. The summed E-state index contributed by atoms with van der Waals surface area (Å²) in [5.74, 6) is -0.865. The molecule has 0 aliphatic carbocycles. The van der Waals surface area contributed by atoms with Crippen molar-refractivity contribution in [3.63, 3.8) is 0 Å². The zero-order valence-corrected chi connectivity index (χ0v) is 13.8. The van der Waals surface area contributed by atoms with E-state index in [9.17, 15) is 9.59 Å². The molecule has 2 N–H and O–H groups in total. The molecule has 1 aliphatic rings. The van der Waals surface area contributed by atoms with Crippen molar-refractivity contribution in [2.45, 2.75) is 12.5 Å². The van der Waals surface area contributed by atoms with Gasteiger partial charge in [0.05, 0.1) is 10.6 Å². The first-order valence-electron chi connectivity index (χ1n) is 6.65. The number of primary amides is 1. The molecule has 1 atom stereocenters. The number of hydrogen-bond donors (Lipinski definition) is 1. The molecular weight excluding hydrogens is 368 g/mol. The number of carbonyl (C=O) groups excluding carboxylic acids is 2. The van der Waals surface area contributed by atoms with Gasteiger partial charge in [-0.25, -0.2) is 0 Å². The van der Waals surface area contributed by atoms with Gasteiger partial charge >= 0.3 is 0 Å². The lowest BCUT2D eigenvalue weighted by molar-refractivity contribution is -0.119. The first-order chi connectivity index (χ1) is 10.5. The van der Waals surface area contributed by atoms with E-state index in [1.807, 2.05) is 24.3 Å². The highest BCUT2D eigenvalue weighted by atomic mass is 79.9. The largest absolute Gasteiger partial charge is 0.368 e. The van der Waals surface area contributed by atoms with Gasteiger partial charge in [-0.3, -0.25) is 14.5 Å². The predicted molar refractivity (Wildman–Crippen MR) is 89.1 cm³/mol. The first-order valence-corrected chi connectivity index (χ1v) is 7.82. The minimum atomic E-state index is -0.694. The molecule has 3 rings (SSSR count). The van der Waals surface area contributed by atoms with Crippen LogP contribution in [0.4, 0.5) is 5.69 Å². The third-order valence-electron chi connectivity index (χ3n) is 3.68. The molecule has 1 aliphatic heterocycles. The molecule has 2 aromatic rings. The van der Waals surface area contributed by atoms with E-state index in [-0.39, 0.29) is 5.91 Å². The highest BCUT2D eigenvalue weighted by molar-refractivity contribution is 9.10. The second-order valence-corrected chi connectivity index (χ2v) is 6.37. The second kappa shape index (κ2) is 5.74. The van der Waals surface area contributed by atoms with Crippen molar-refractivity contribution in [1.82, 2.24) is 0 Å². The van der Waals surface area contributed by atoms with Crippen LogP contribution in [0, 0.1) is 0 Å². The average molecular weight is 380 g/mol. The van der Waals surface area contributed by atoms with Crippen LogP contribution >= 0.6 is 27.5 Å². The van der Waals surface area contributed by atoms with Crippen molar-refractivity contribution < 1.29 is 9.59 Å². The van der Waals surface area contributed by atoms with E-state index in [0.717, 1.165) is 10.0 Å². The molecule has 22 heavy (non-hydrogen) atoms. The molecule has 0 bridgehead atoms. The van der Waals surface area contributed by atoms with E-state index in [1.54, 1.807) is 18.2 Å². The van der Waals surface area contributed by atoms with Gasteiger partial charge in [0.15, 0.2) is 0 Å². The molecule has 2 amide bonds. The number of fused-ring (bicyclic) bond motifs is 1. The van der Waals surface area contributed by atoms with E-state index in [0.29, 0.717) is 22.7 Å². The van der Waals surface area contributed by atoms with Crippen LogP contribution in [0.3, 0.4) is 0 Å². The Morgan fingerprint density at radius 2 is 1.95 bits per heavy atom. The van der Waals surface area contributed by atoms with E-state index < -0.39 is 11.9 Å². The van der Waals surface area contributed by atoms with Gasteiger partial charge in [-0.1, -0.05) is 45.7 Å². The molecule has 4 nitrogen and oxygen atoms in total. The van der Waals surface area contributed by atoms with Crippen LogP contribution in [0.1, 0.15) is 15.9 Å². The van der Waals surface area contributed by atoms with Crippen LogP contribution in [0.25, 0.3) is 0 Å². The van der Waals surface area contributed by atoms with Crippen molar-refractivity contribution >= 4 is 45.0 Å². The molecule has 112 valence electrons. The molecule has 6 heteroatoms. The first kappa shape index (κ1) is 15.1. The van der Waals surface area contributed by atoms with Crippen molar-refractivity contribution in [2.24, 2.45) is 5.73 Å². The standard InChI is InChI=1S/C16H12BrClN2O2/c17-10-5-6-12(18)11(8-10)16(22)20-13-4-2-1-3-9(13)7-14(20)15(19)21/h1-6,8,14H,7H2,(H2,19,21)/t14-/m1/s1. The molecule has 1 heterocycles. The summed E-state index contributed by atoms with van der Waals surface area (Å²) in [4.78, 5) is 26.1. The Bertz CT molecular complexity index is 778.